The third kappa shape index (κ3) is 4.57. The quantitative estimate of drug-likeness (QED) is 0.806. The van der Waals surface area contributed by atoms with Crippen molar-refractivity contribution in [3.63, 3.8) is 0 Å². The Hall–Kier alpha value is -1.84. The van der Waals surface area contributed by atoms with E-state index >= 15 is 0 Å². The number of rotatable bonds is 6. The van der Waals surface area contributed by atoms with E-state index < -0.39 is 11.9 Å². The van der Waals surface area contributed by atoms with Crippen molar-refractivity contribution in [2.45, 2.75) is 20.3 Å². The summed E-state index contributed by atoms with van der Waals surface area (Å²) in [7, 11) is 0. The number of carboxylic acids is 1. The fourth-order valence-electron chi connectivity index (χ4n) is 1.57. The summed E-state index contributed by atoms with van der Waals surface area (Å²) in [5, 5.41) is 11.8. The van der Waals surface area contributed by atoms with Gasteiger partial charge in [-0.15, -0.1) is 0 Å². The molecule has 98 valence electrons. The highest BCUT2D eigenvalue weighted by molar-refractivity contribution is 5.79. The lowest BCUT2D eigenvalue weighted by Gasteiger charge is -2.14. The largest absolute Gasteiger partial charge is 0.481 e. The van der Waals surface area contributed by atoms with Crippen LogP contribution < -0.4 is 5.32 Å². The van der Waals surface area contributed by atoms with Gasteiger partial charge in [0.15, 0.2) is 0 Å². The number of hydrogen-bond acceptors (Lipinski definition) is 2. The molecular formula is C14H19NO3. The Labute approximate surface area is 107 Å². The molecule has 1 unspecified atom stereocenters. The number of aliphatic carboxylic acids is 1. The first-order valence-corrected chi connectivity index (χ1v) is 6.05. The molecule has 4 nitrogen and oxygen atoms in total. The number of carboxylic acid groups (broad SMARTS) is 1. The summed E-state index contributed by atoms with van der Waals surface area (Å²) >= 11 is 0. The normalized spacial score (nSPS) is 12.2. The van der Waals surface area contributed by atoms with E-state index in [1.807, 2.05) is 30.3 Å². The zero-order chi connectivity index (χ0) is 13.5. The van der Waals surface area contributed by atoms with Gasteiger partial charge in [-0.25, -0.2) is 0 Å². The topological polar surface area (TPSA) is 66.4 Å². The van der Waals surface area contributed by atoms with E-state index in [2.05, 4.69) is 5.32 Å². The maximum Gasteiger partial charge on any atom is 0.308 e. The smallest absolute Gasteiger partial charge is 0.308 e. The maximum absolute atomic E-state index is 11.4. The van der Waals surface area contributed by atoms with Crippen LogP contribution in [0.5, 0.6) is 0 Å². The molecule has 18 heavy (non-hydrogen) atoms. The van der Waals surface area contributed by atoms with Crippen LogP contribution >= 0.6 is 0 Å². The van der Waals surface area contributed by atoms with E-state index in [0.717, 1.165) is 5.56 Å². The van der Waals surface area contributed by atoms with Gasteiger partial charge in [0.1, 0.15) is 0 Å². The van der Waals surface area contributed by atoms with Crippen LogP contribution in [0.15, 0.2) is 30.3 Å². The molecule has 0 saturated carbocycles. The van der Waals surface area contributed by atoms with Gasteiger partial charge in [0.05, 0.1) is 5.92 Å². The minimum absolute atomic E-state index is 0.116. The highest BCUT2D eigenvalue weighted by Crippen LogP contribution is 2.08. The zero-order valence-corrected chi connectivity index (χ0v) is 10.7. The Morgan fingerprint density at radius 2 is 1.83 bits per heavy atom. The second-order valence-electron chi connectivity index (χ2n) is 4.62. The van der Waals surface area contributed by atoms with Crippen molar-refractivity contribution < 1.29 is 14.7 Å². The Kier molecular flexibility index (Phi) is 5.36. The molecule has 0 bridgehead atoms. The van der Waals surface area contributed by atoms with Gasteiger partial charge in [-0.1, -0.05) is 44.2 Å². The van der Waals surface area contributed by atoms with Crippen molar-refractivity contribution in [2.24, 2.45) is 11.8 Å². The van der Waals surface area contributed by atoms with E-state index in [1.165, 1.54) is 0 Å². The first kappa shape index (κ1) is 14.2. The van der Waals surface area contributed by atoms with Crippen LogP contribution in [-0.2, 0) is 16.0 Å². The number of nitrogens with one attached hydrogen (secondary N) is 1. The lowest BCUT2D eigenvalue weighted by atomic mass is 9.99. The average Bonchev–Trinajstić information content (AvgIpc) is 2.34. The molecule has 0 aromatic heterocycles. The predicted molar refractivity (Wildman–Crippen MR) is 69.1 cm³/mol. The van der Waals surface area contributed by atoms with E-state index in [1.54, 1.807) is 13.8 Å². The lowest BCUT2D eigenvalue weighted by Crippen LogP contribution is -2.36. The number of hydrogen-bond donors (Lipinski definition) is 2. The molecule has 4 heteroatoms. The fourth-order valence-corrected chi connectivity index (χ4v) is 1.57. The molecule has 1 rings (SSSR count). The summed E-state index contributed by atoms with van der Waals surface area (Å²) in [6.45, 7) is 3.73. The summed E-state index contributed by atoms with van der Waals surface area (Å²) in [5.74, 6) is -1.72. The molecule has 0 aliphatic carbocycles. The molecule has 1 aromatic rings. The summed E-state index contributed by atoms with van der Waals surface area (Å²) in [6.07, 6.45) is 0.425. The summed E-state index contributed by atoms with van der Waals surface area (Å²) in [5.41, 5.74) is 0.962. The van der Waals surface area contributed by atoms with Crippen molar-refractivity contribution in [1.29, 1.82) is 0 Å². The van der Waals surface area contributed by atoms with Gasteiger partial charge in [0, 0.05) is 12.5 Å². The first-order chi connectivity index (χ1) is 8.50. The van der Waals surface area contributed by atoms with Crippen LogP contribution in [-0.4, -0.2) is 23.5 Å². The third-order valence-electron chi connectivity index (χ3n) is 2.72. The zero-order valence-electron chi connectivity index (χ0n) is 10.7. The van der Waals surface area contributed by atoms with Crippen LogP contribution in [0.2, 0.25) is 0 Å². The van der Waals surface area contributed by atoms with Gasteiger partial charge in [-0.3, -0.25) is 9.59 Å². The van der Waals surface area contributed by atoms with Crippen LogP contribution in [0.1, 0.15) is 19.4 Å². The van der Waals surface area contributed by atoms with Crippen molar-refractivity contribution in [2.75, 3.05) is 6.54 Å². The summed E-state index contributed by atoms with van der Waals surface area (Å²) in [6, 6.07) is 9.42. The molecule has 0 fully saturated rings. The van der Waals surface area contributed by atoms with Gasteiger partial charge in [0.25, 0.3) is 0 Å². The molecule has 0 aliphatic rings. The van der Waals surface area contributed by atoms with Gasteiger partial charge < -0.3 is 10.4 Å². The van der Waals surface area contributed by atoms with Crippen molar-refractivity contribution >= 4 is 11.9 Å². The first-order valence-electron chi connectivity index (χ1n) is 6.05. The molecule has 0 radical (unpaired) electrons. The van der Waals surface area contributed by atoms with Crippen LogP contribution in [0, 0.1) is 11.8 Å². The minimum atomic E-state index is -0.886. The molecule has 1 amide bonds. The summed E-state index contributed by atoms with van der Waals surface area (Å²) in [4.78, 5) is 22.6. The van der Waals surface area contributed by atoms with Crippen molar-refractivity contribution in [3.8, 4) is 0 Å². The highest BCUT2D eigenvalue weighted by Gasteiger charge is 2.19. The molecular weight excluding hydrogens is 230 g/mol. The number of amides is 1. The molecule has 2 N–H and O–H groups in total. The third-order valence-corrected chi connectivity index (χ3v) is 2.72. The van der Waals surface area contributed by atoms with Gasteiger partial charge in [0.2, 0.25) is 5.91 Å². The van der Waals surface area contributed by atoms with E-state index in [-0.39, 0.29) is 18.4 Å². The van der Waals surface area contributed by atoms with E-state index in [9.17, 15) is 9.59 Å². The number of carbonyl (C=O) groups is 2. The molecule has 1 aromatic carbocycles. The Morgan fingerprint density at radius 3 is 2.33 bits per heavy atom. The molecule has 0 heterocycles. The Bertz CT molecular complexity index is 401. The molecule has 0 saturated heterocycles. The lowest BCUT2D eigenvalue weighted by molar-refractivity contribution is -0.141. The number of carbonyl (C=O) groups excluding carboxylic acids is 1. The monoisotopic (exact) mass is 249 g/mol. The SMILES string of the molecule is CC(C)C(=O)NCC(Cc1ccccc1)C(=O)O. The fraction of sp³-hybridized carbons (Fsp3) is 0.429. The van der Waals surface area contributed by atoms with Gasteiger partial charge in [-0.05, 0) is 12.0 Å². The predicted octanol–water partition coefficient (Wildman–Crippen LogP) is 1.70. The minimum Gasteiger partial charge on any atom is -0.481 e. The van der Waals surface area contributed by atoms with Crippen LogP contribution in [0.3, 0.4) is 0 Å². The number of benzene rings is 1. The second-order valence-corrected chi connectivity index (χ2v) is 4.62. The summed E-state index contributed by atoms with van der Waals surface area (Å²) < 4.78 is 0. The highest BCUT2D eigenvalue weighted by atomic mass is 16.4. The van der Waals surface area contributed by atoms with Crippen molar-refractivity contribution in [3.05, 3.63) is 35.9 Å². The second kappa shape index (κ2) is 6.79. The van der Waals surface area contributed by atoms with Crippen LogP contribution in [0.25, 0.3) is 0 Å². The van der Waals surface area contributed by atoms with Crippen molar-refractivity contribution in [1.82, 2.24) is 5.32 Å². The maximum atomic E-state index is 11.4. The van der Waals surface area contributed by atoms with E-state index in [4.69, 9.17) is 5.11 Å². The van der Waals surface area contributed by atoms with Gasteiger partial charge in [-0.2, -0.15) is 0 Å². The average molecular weight is 249 g/mol. The van der Waals surface area contributed by atoms with E-state index in [0.29, 0.717) is 6.42 Å². The Morgan fingerprint density at radius 1 is 1.22 bits per heavy atom. The standard InChI is InChI=1S/C14H19NO3/c1-10(2)13(16)15-9-12(14(17)18)8-11-6-4-3-5-7-11/h3-7,10,12H,8-9H2,1-2H3,(H,15,16)(H,17,18). The van der Waals surface area contributed by atoms with Crippen LogP contribution in [0.4, 0.5) is 0 Å². The van der Waals surface area contributed by atoms with Gasteiger partial charge >= 0.3 is 5.97 Å². The molecule has 1 atom stereocenters. The molecule has 0 spiro atoms. The molecule has 0 aliphatic heterocycles. The Balaban J connectivity index is 2.56.